The maximum atomic E-state index is 12.4. The number of nitrogens with one attached hydrogen (secondary N) is 2. The molecule has 158 valence electrons. The number of fused-ring (bicyclic) bond motifs is 1. The van der Waals surface area contributed by atoms with Gasteiger partial charge in [-0.1, -0.05) is 18.2 Å². The number of anilines is 2. The van der Waals surface area contributed by atoms with E-state index >= 15 is 0 Å². The van der Waals surface area contributed by atoms with Gasteiger partial charge in [0.2, 0.25) is 0 Å². The molecule has 0 aliphatic carbocycles. The molecule has 1 saturated heterocycles. The lowest BCUT2D eigenvalue weighted by molar-refractivity contribution is -0.00338. The van der Waals surface area contributed by atoms with Crippen LogP contribution in [0.15, 0.2) is 54.0 Å². The number of hydrogen-bond acceptors (Lipinski definition) is 6. The lowest BCUT2D eigenvalue weighted by atomic mass is 10.1. The van der Waals surface area contributed by atoms with Gasteiger partial charge in [-0.25, -0.2) is 4.68 Å². The Hall–Kier alpha value is -3.36. The highest BCUT2D eigenvalue weighted by atomic mass is 32.1. The smallest absolute Gasteiger partial charge is 0.261 e. The predicted molar refractivity (Wildman–Crippen MR) is 122 cm³/mol. The molecule has 0 bridgehead atoms. The summed E-state index contributed by atoms with van der Waals surface area (Å²) in [6, 6.07) is 14.1. The van der Waals surface area contributed by atoms with Gasteiger partial charge in [-0.2, -0.15) is 5.10 Å². The van der Waals surface area contributed by atoms with E-state index in [1.54, 1.807) is 7.11 Å². The minimum Gasteiger partial charge on any atom is -0.494 e. The van der Waals surface area contributed by atoms with Crippen LogP contribution in [0.2, 0.25) is 0 Å². The van der Waals surface area contributed by atoms with E-state index in [9.17, 15) is 4.79 Å². The topological polar surface area (TPSA) is 77.4 Å². The van der Waals surface area contributed by atoms with E-state index in [2.05, 4.69) is 28.7 Å². The van der Waals surface area contributed by atoms with Gasteiger partial charge in [0.15, 0.2) is 0 Å². The molecule has 0 unspecified atom stereocenters. The summed E-state index contributed by atoms with van der Waals surface area (Å²) in [5.41, 5.74) is 4.80. The number of carbonyl (C=O) groups excluding carboxylic acids is 1. The van der Waals surface area contributed by atoms with Crippen LogP contribution in [0.3, 0.4) is 0 Å². The molecule has 1 amide bonds. The first-order valence-electron chi connectivity index (χ1n) is 9.98. The van der Waals surface area contributed by atoms with Crippen molar-refractivity contribution in [1.29, 1.82) is 0 Å². The molecular formula is C23H22N4O3S. The highest BCUT2D eigenvalue weighted by Gasteiger charge is 2.22. The first-order valence-corrected chi connectivity index (χ1v) is 10.9. The molecule has 0 saturated carbocycles. The standard InChI is InChI=1S/C23H22N4O3S/c1-14-5-3-4-6-18(14)26-19-7-15-10-24-27(20(15)9-21(19)29-2)17-8-22(31-13-17)23(28)25-16-11-30-12-16/h3-10,13,16,26H,11-12H2,1-2H3,(H,25,28). The number of hydrogen-bond donors (Lipinski definition) is 2. The average Bonchev–Trinajstić information content (AvgIpc) is 3.38. The van der Waals surface area contributed by atoms with Crippen molar-refractivity contribution in [3.05, 3.63) is 64.5 Å². The highest BCUT2D eigenvalue weighted by molar-refractivity contribution is 7.12. The first kappa shape index (κ1) is 19.6. The Morgan fingerprint density at radius 2 is 2.06 bits per heavy atom. The molecular weight excluding hydrogens is 412 g/mol. The van der Waals surface area contributed by atoms with Crippen molar-refractivity contribution in [2.45, 2.75) is 13.0 Å². The molecule has 1 fully saturated rings. The minimum absolute atomic E-state index is 0.0803. The van der Waals surface area contributed by atoms with Crippen LogP contribution in [0.25, 0.3) is 16.6 Å². The van der Waals surface area contributed by atoms with Gasteiger partial charge in [0, 0.05) is 22.5 Å². The van der Waals surface area contributed by atoms with Crippen LogP contribution in [0.4, 0.5) is 11.4 Å². The third-order valence-corrected chi connectivity index (χ3v) is 6.25. The van der Waals surface area contributed by atoms with Gasteiger partial charge in [-0.15, -0.1) is 11.3 Å². The third kappa shape index (κ3) is 3.75. The van der Waals surface area contributed by atoms with Crippen LogP contribution in [0.1, 0.15) is 15.2 Å². The molecule has 31 heavy (non-hydrogen) atoms. The number of methoxy groups -OCH3 is 1. The molecule has 7 nitrogen and oxygen atoms in total. The molecule has 5 rings (SSSR count). The van der Waals surface area contributed by atoms with E-state index in [0.29, 0.717) is 18.1 Å². The Bertz CT molecular complexity index is 1260. The fraction of sp³-hybridized carbons (Fsp3) is 0.217. The molecule has 8 heteroatoms. The number of carbonyl (C=O) groups is 1. The van der Waals surface area contributed by atoms with Crippen molar-refractivity contribution in [3.8, 4) is 11.4 Å². The summed E-state index contributed by atoms with van der Waals surface area (Å²) in [5.74, 6) is 0.638. The zero-order valence-corrected chi connectivity index (χ0v) is 18.0. The van der Waals surface area contributed by atoms with E-state index in [1.807, 2.05) is 52.7 Å². The molecule has 0 radical (unpaired) electrons. The predicted octanol–water partition coefficient (Wildman–Crippen LogP) is 4.28. The number of nitrogens with zero attached hydrogens (tertiary/aromatic N) is 2. The summed E-state index contributed by atoms with van der Waals surface area (Å²) in [4.78, 5) is 13.1. The van der Waals surface area contributed by atoms with Crippen molar-refractivity contribution in [3.63, 3.8) is 0 Å². The molecule has 4 aromatic rings. The zero-order chi connectivity index (χ0) is 21.4. The highest BCUT2D eigenvalue weighted by Crippen LogP contribution is 2.34. The van der Waals surface area contributed by atoms with Crippen molar-refractivity contribution in [2.24, 2.45) is 0 Å². The van der Waals surface area contributed by atoms with E-state index in [0.717, 1.165) is 39.3 Å². The van der Waals surface area contributed by atoms with Gasteiger partial charge >= 0.3 is 0 Å². The van der Waals surface area contributed by atoms with Gasteiger partial charge in [0.1, 0.15) is 5.75 Å². The number of thiophene rings is 1. The van der Waals surface area contributed by atoms with Crippen molar-refractivity contribution in [2.75, 3.05) is 25.6 Å². The summed E-state index contributed by atoms with van der Waals surface area (Å²) >= 11 is 1.40. The number of aromatic nitrogens is 2. The molecule has 2 aromatic carbocycles. The van der Waals surface area contributed by atoms with Gasteiger partial charge in [0.05, 0.1) is 54.3 Å². The van der Waals surface area contributed by atoms with E-state index in [1.165, 1.54) is 11.3 Å². The van der Waals surface area contributed by atoms with Crippen LogP contribution < -0.4 is 15.4 Å². The van der Waals surface area contributed by atoms with Crippen LogP contribution in [0.5, 0.6) is 5.75 Å². The van der Waals surface area contributed by atoms with Gasteiger partial charge in [-0.3, -0.25) is 4.79 Å². The number of ether oxygens (including phenoxy) is 2. The molecule has 1 aliphatic rings. The fourth-order valence-corrected chi connectivity index (χ4v) is 4.29. The van der Waals surface area contributed by atoms with Gasteiger partial charge < -0.3 is 20.1 Å². The maximum absolute atomic E-state index is 12.4. The second-order valence-electron chi connectivity index (χ2n) is 7.48. The number of para-hydroxylation sites is 1. The van der Waals surface area contributed by atoms with Crippen LogP contribution in [0, 0.1) is 6.92 Å². The maximum Gasteiger partial charge on any atom is 0.261 e. The molecule has 1 aliphatic heterocycles. The van der Waals surface area contributed by atoms with Crippen LogP contribution in [-0.4, -0.2) is 42.1 Å². The quantitative estimate of drug-likeness (QED) is 0.474. The summed E-state index contributed by atoms with van der Waals surface area (Å²) in [7, 11) is 1.65. The normalized spacial score (nSPS) is 13.7. The lowest BCUT2D eigenvalue weighted by Gasteiger charge is -2.26. The van der Waals surface area contributed by atoms with E-state index < -0.39 is 0 Å². The molecule has 2 N–H and O–H groups in total. The monoisotopic (exact) mass is 434 g/mol. The van der Waals surface area contributed by atoms with Crippen molar-refractivity contribution >= 4 is 39.5 Å². The largest absolute Gasteiger partial charge is 0.494 e. The van der Waals surface area contributed by atoms with E-state index in [4.69, 9.17) is 9.47 Å². The molecule has 3 heterocycles. The SMILES string of the molecule is COc1cc2c(cnn2-c2csc(C(=O)NC3COC3)c2)cc1Nc1ccccc1C. The Morgan fingerprint density at radius 1 is 1.23 bits per heavy atom. The zero-order valence-electron chi connectivity index (χ0n) is 17.2. The van der Waals surface area contributed by atoms with Crippen molar-refractivity contribution < 1.29 is 14.3 Å². The molecule has 2 aromatic heterocycles. The summed E-state index contributed by atoms with van der Waals surface area (Å²) in [6.07, 6.45) is 1.82. The average molecular weight is 435 g/mol. The Morgan fingerprint density at radius 3 is 2.81 bits per heavy atom. The number of amides is 1. The number of aryl methyl sites for hydroxylation is 1. The van der Waals surface area contributed by atoms with Crippen LogP contribution in [-0.2, 0) is 4.74 Å². The Kier molecular flexibility index (Phi) is 5.09. The lowest BCUT2D eigenvalue weighted by Crippen LogP contribution is -2.48. The first-order chi connectivity index (χ1) is 15.1. The van der Waals surface area contributed by atoms with Crippen LogP contribution >= 0.6 is 11.3 Å². The second kappa shape index (κ2) is 8.05. The van der Waals surface area contributed by atoms with Gasteiger partial charge in [0.25, 0.3) is 5.91 Å². The summed E-state index contributed by atoms with van der Waals surface area (Å²) < 4.78 is 12.6. The Balaban J connectivity index is 1.46. The summed E-state index contributed by atoms with van der Waals surface area (Å²) in [6.45, 7) is 3.21. The fourth-order valence-electron chi connectivity index (χ4n) is 3.52. The minimum atomic E-state index is -0.0803. The number of rotatable bonds is 6. The third-order valence-electron chi connectivity index (χ3n) is 5.33. The van der Waals surface area contributed by atoms with E-state index in [-0.39, 0.29) is 11.9 Å². The molecule has 0 atom stereocenters. The summed E-state index contributed by atoms with van der Waals surface area (Å²) in [5, 5.41) is 13.9. The van der Waals surface area contributed by atoms with Crippen molar-refractivity contribution in [1.82, 2.24) is 15.1 Å². The van der Waals surface area contributed by atoms with Gasteiger partial charge in [-0.05, 0) is 30.7 Å². The molecule has 0 spiro atoms. The second-order valence-corrected chi connectivity index (χ2v) is 8.40. The Labute approximate surface area is 183 Å². The number of benzene rings is 2.